The highest BCUT2D eigenvalue weighted by Gasteiger charge is 2.08. The number of rotatable bonds is 10. The number of methoxy groups -OCH3 is 1. The Kier molecular flexibility index (Phi) is 8.20. The van der Waals surface area contributed by atoms with E-state index >= 15 is 0 Å². The fourth-order valence-corrected chi connectivity index (χ4v) is 2.64. The van der Waals surface area contributed by atoms with E-state index in [9.17, 15) is 4.79 Å². The molecule has 0 aliphatic carbocycles. The lowest BCUT2D eigenvalue weighted by Gasteiger charge is -2.12. The maximum absolute atomic E-state index is 11.1. The molecule has 0 saturated heterocycles. The number of hydrogen-bond acceptors (Lipinski definition) is 5. The predicted molar refractivity (Wildman–Crippen MR) is 108 cm³/mol. The second-order valence-corrected chi connectivity index (χ2v) is 6.00. The highest BCUT2D eigenvalue weighted by Crippen LogP contribution is 2.28. The van der Waals surface area contributed by atoms with Gasteiger partial charge < -0.3 is 30.3 Å². The summed E-state index contributed by atoms with van der Waals surface area (Å²) >= 11 is 0. The van der Waals surface area contributed by atoms with E-state index in [1.807, 2.05) is 25.1 Å². The molecule has 0 aliphatic heterocycles. The Morgan fingerprint density at radius 2 is 2.04 bits per heavy atom. The number of primary amides is 1. The molecule has 2 aromatic rings. The number of ether oxygens (including phenoxy) is 2. The molecule has 1 aromatic heterocycles. The van der Waals surface area contributed by atoms with Crippen LogP contribution in [-0.4, -0.2) is 39.2 Å². The van der Waals surface area contributed by atoms with E-state index in [0.717, 1.165) is 30.9 Å². The van der Waals surface area contributed by atoms with Gasteiger partial charge in [0.05, 0.1) is 20.3 Å². The van der Waals surface area contributed by atoms with Crippen molar-refractivity contribution in [2.24, 2.45) is 10.7 Å². The molecule has 1 amide bonds. The van der Waals surface area contributed by atoms with Crippen molar-refractivity contribution >= 4 is 11.9 Å². The molecule has 0 unspecified atom stereocenters. The first-order valence-corrected chi connectivity index (χ1v) is 9.20. The van der Waals surface area contributed by atoms with Crippen LogP contribution in [0.15, 0.2) is 39.7 Å². The van der Waals surface area contributed by atoms with Crippen molar-refractivity contribution in [3.8, 4) is 11.5 Å². The van der Waals surface area contributed by atoms with Gasteiger partial charge in [0.1, 0.15) is 5.76 Å². The zero-order valence-corrected chi connectivity index (χ0v) is 16.6. The zero-order valence-electron chi connectivity index (χ0n) is 16.6. The van der Waals surface area contributed by atoms with Gasteiger partial charge in [-0.15, -0.1) is 0 Å². The van der Waals surface area contributed by atoms with Crippen molar-refractivity contribution in [1.29, 1.82) is 0 Å². The number of nitrogens with two attached hydrogens (primary N) is 1. The number of aliphatic imine (C=N–C) groups is 1. The third kappa shape index (κ3) is 6.22. The number of carbonyl (C=O) groups excluding carboxylic acids is 1. The van der Waals surface area contributed by atoms with Crippen LogP contribution in [0.5, 0.6) is 11.5 Å². The lowest BCUT2D eigenvalue weighted by atomic mass is 10.1. The van der Waals surface area contributed by atoms with Gasteiger partial charge in [-0.25, -0.2) is 0 Å². The van der Waals surface area contributed by atoms with E-state index in [1.165, 1.54) is 5.56 Å². The van der Waals surface area contributed by atoms with E-state index in [2.05, 4.69) is 15.6 Å². The molecule has 152 valence electrons. The van der Waals surface area contributed by atoms with Gasteiger partial charge in [0, 0.05) is 13.6 Å². The van der Waals surface area contributed by atoms with Gasteiger partial charge in [0.25, 0.3) is 5.91 Å². The van der Waals surface area contributed by atoms with Crippen LogP contribution in [0.4, 0.5) is 0 Å². The van der Waals surface area contributed by atoms with Crippen molar-refractivity contribution in [2.75, 3.05) is 27.3 Å². The quantitative estimate of drug-likeness (QED) is 0.326. The van der Waals surface area contributed by atoms with Crippen LogP contribution < -0.4 is 25.8 Å². The summed E-state index contributed by atoms with van der Waals surface area (Å²) in [4.78, 5) is 15.2. The highest BCUT2D eigenvalue weighted by molar-refractivity contribution is 5.89. The summed E-state index contributed by atoms with van der Waals surface area (Å²) in [7, 11) is 3.33. The molecule has 0 atom stereocenters. The largest absolute Gasteiger partial charge is 0.493 e. The Balaban J connectivity index is 1.76. The Bertz CT molecular complexity index is 801. The van der Waals surface area contributed by atoms with Crippen LogP contribution >= 0.6 is 0 Å². The number of hydrogen-bond donors (Lipinski definition) is 3. The lowest BCUT2D eigenvalue weighted by Crippen LogP contribution is -2.37. The normalized spacial score (nSPS) is 11.2. The zero-order chi connectivity index (χ0) is 20.4. The van der Waals surface area contributed by atoms with Crippen LogP contribution in [0.2, 0.25) is 0 Å². The van der Waals surface area contributed by atoms with Crippen molar-refractivity contribution < 1.29 is 18.7 Å². The maximum Gasteiger partial charge on any atom is 0.284 e. The highest BCUT2D eigenvalue weighted by atomic mass is 16.5. The number of nitrogens with zero attached hydrogens (tertiary/aromatic N) is 1. The van der Waals surface area contributed by atoms with E-state index < -0.39 is 5.91 Å². The minimum atomic E-state index is -0.584. The smallest absolute Gasteiger partial charge is 0.284 e. The third-order valence-corrected chi connectivity index (χ3v) is 4.02. The van der Waals surface area contributed by atoms with Gasteiger partial charge in [-0.1, -0.05) is 6.07 Å². The number of aryl methyl sites for hydroxylation is 1. The van der Waals surface area contributed by atoms with Crippen LogP contribution in [0.25, 0.3) is 0 Å². The summed E-state index contributed by atoms with van der Waals surface area (Å²) in [6.45, 7) is 3.70. The number of furan rings is 1. The number of nitrogens with one attached hydrogen (secondary N) is 2. The van der Waals surface area contributed by atoms with Crippen molar-refractivity contribution in [1.82, 2.24) is 10.6 Å². The molecule has 1 aromatic carbocycles. The molecule has 0 radical (unpaired) electrons. The molecule has 0 saturated carbocycles. The minimum absolute atomic E-state index is 0.144. The summed E-state index contributed by atoms with van der Waals surface area (Å²) in [5.74, 6) is 2.33. The Hall–Kier alpha value is -3.16. The lowest BCUT2D eigenvalue weighted by molar-refractivity contribution is 0.0972. The summed E-state index contributed by atoms with van der Waals surface area (Å²) in [5, 5.41) is 6.39. The minimum Gasteiger partial charge on any atom is -0.493 e. The van der Waals surface area contributed by atoms with Crippen LogP contribution in [0.3, 0.4) is 0 Å². The van der Waals surface area contributed by atoms with Gasteiger partial charge in [0.15, 0.2) is 23.2 Å². The molecule has 2 rings (SSSR count). The van der Waals surface area contributed by atoms with Crippen molar-refractivity contribution in [2.45, 2.75) is 26.3 Å². The molecule has 1 heterocycles. The Morgan fingerprint density at radius 3 is 2.68 bits per heavy atom. The molecule has 28 heavy (non-hydrogen) atoms. The Labute approximate surface area is 165 Å². The van der Waals surface area contributed by atoms with Crippen molar-refractivity contribution in [3.63, 3.8) is 0 Å². The SMILES string of the molecule is CCOc1cc(CCCNC(=NC)NCc2ccc(C(N)=O)o2)ccc1OC. The van der Waals surface area contributed by atoms with Gasteiger partial charge in [-0.2, -0.15) is 0 Å². The third-order valence-electron chi connectivity index (χ3n) is 4.02. The molecule has 0 fully saturated rings. The maximum atomic E-state index is 11.1. The van der Waals surface area contributed by atoms with Crippen LogP contribution in [-0.2, 0) is 13.0 Å². The van der Waals surface area contributed by atoms with E-state index in [4.69, 9.17) is 19.6 Å². The predicted octanol–water partition coefficient (Wildman–Crippen LogP) is 2.08. The Morgan fingerprint density at radius 1 is 1.21 bits per heavy atom. The molecule has 8 nitrogen and oxygen atoms in total. The summed E-state index contributed by atoms with van der Waals surface area (Å²) < 4.78 is 16.3. The van der Waals surface area contributed by atoms with Crippen LogP contribution in [0.1, 0.15) is 35.2 Å². The van der Waals surface area contributed by atoms with E-state index in [1.54, 1.807) is 26.3 Å². The molecular weight excluding hydrogens is 360 g/mol. The second-order valence-electron chi connectivity index (χ2n) is 6.00. The number of amides is 1. The monoisotopic (exact) mass is 388 g/mol. The summed E-state index contributed by atoms with van der Waals surface area (Å²) in [6.07, 6.45) is 1.82. The van der Waals surface area contributed by atoms with E-state index in [-0.39, 0.29) is 5.76 Å². The molecule has 0 bridgehead atoms. The van der Waals surface area contributed by atoms with E-state index in [0.29, 0.717) is 24.9 Å². The van der Waals surface area contributed by atoms with Gasteiger partial charge in [-0.05, 0) is 49.6 Å². The van der Waals surface area contributed by atoms with Gasteiger partial charge in [-0.3, -0.25) is 9.79 Å². The van der Waals surface area contributed by atoms with Gasteiger partial charge in [0.2, 0.25) is 0 Å². The van der Waals surface area contributed by atoms with Gasteiger partial charge >= 0.3 is 0 Å². The molecule has 0 aliphatic rings. The molecular formula is C20H28N4O4. The topological polar surface area (TPSA) is 111 Å². The molecule has 8 heteroatoms. The molecule has 0 spiro atoms. The fraction of sp³-hybridized carbons (Fsp3) is 0.400. The first-order chi connectivity index (χ1) is 13.6. The summed E-state index contributed by atoms with van der Waals surface area (Å²) in [5.41, 5.74) is 6.36. The average Bonchev–Trinajstić information content (AvgIpc) is 3.17. The van der Waals surface area contributed by atoms with Crippen molar-refractivity contribution in [3.05, 3.63) is 47.4 Å². The number of benzene rings is 1. The standard InChI is InChI=1S/C20H28N4O4/c1-4-27-18-12-14(7-9-16(18)26-3)6-5-11-23-20(22-2)24-13-15-8-10-17(28-15)19(21)25/h7-10,12H,4-6,11,13H2,1-3H3,(H2,21,25)(H2,22,23,24). The van der Waals surface area contributed by atoms with Crippen LogP contribution in [0, 0.1) is 0 Å². The fourth-order valence-electron chi connectivity index (χ4n) is 2.64. The molecule has 4 N–H and O–H groups in total. The number of carbonyl (C=O) groups is 1. The number of guanidine groups is 1. The average molecular weight is 388 g/mol. The first-order valence-electron chi connectivity index (χ1n) is 9.20. The summed E-state index contributed by atoms with van der Waals surface area (Å²) in [6, 6.07) is 9.25. The second kappa shape index (κ2) is 10.9. The first kappa shape index (κ1) is 21.1.